The zero-order chi connectivity index (χ0) is 15.0. The first kappa shape index (κ1) is 15.6. The number of rotatable bonds is 2. The molecule has 2 fully saturated rings. The van der Waals surface area contributed by atoms with Crippen molar-refractivity contribution in [3.05, 3.63) is 0 Å². The van der Waals surface area contributed by atoms with Crippen molar-refractivity contribution in [3.63, 3.8) is 0 Å². The number of hydrogen-bond donors (Lipinski definition) is 2. The van der Waals surface area contributed by atoms with Gasteiger partial charge in [-0.3, -0.25) is 9.69 Å². The van der Waals surface area contributed by atoms with Crippen molar-refractivity contribution in [1.82, 2.24) is 4.90 Å². The lowest BCUT2D eigenvalue weighted by molar-refractivity contribution is -0.189. The topological polar surface area (TPSA) is 72.3 Å². The molecule has 1 heterocycles. The molecule has 0 bridgehead atoms. The summed E-state index contributed by atoms with van der Waals surface area (Å²) >= 11 is 0. The average molecular weight is 293 g/mol. The molecule has 2 aliphatic rings. The van der Waals surface area contributed by atoms with Gasteiger partial charge in [0.2, 0.25) is 5.91 Å². The maximum Gasteiger partial charge on any atom is 0.393 e. The van der Waals surface area contributed by atoms with E-state index in [1.54, 1.807) is 0 Å². The maximum absolute atomic E-state index is 12.8. The first-order valence-corrected chi connectivity index (χ1v) is 7.12. The minimum atomic E-state index is -4.14. The molecule has 3 unspecified atom stereocenters. The number of nitrogens with two attached hydrogens (primary N) is 2. The van der Waals surface area contributed by atoms with E-state index >= 15 is 0 Å². The van der Waals surface area contributed by atoms with Gasteiger partial charge in [-0.05, 0) is 45.1 Å². The maximum atomic E-state index is 12.8. The highest BCUT2D eigenvalue weighted by atomic mass is 19.4. The van der Waals surface area contributed by atoms with E-state index in [1.807, 2.05) is 4.90 Å². The first-order valence-electron chi connectivity index (χ1n) is 7.12. The van der Waals surface area contributed by atoms with Crippen LogP contribution >= 0.6 is 0 Å². The highest BCUT2D eigenvalue weighted by Crippen LogP contribution is 2.36. The normalized spacial score (nSPS) is 36.8. The molecular formula is C13H22F3N3O. The molecule has 4 nitrogen and oxygen atoms in total. The Morgan fingerprint density at radius 2 is 1.95 bits per heavy atom. The highest BCUT2D eigenvalue weighted by molar-refractivity contribution is 5.84. The van der Waals surface area contributed by atoms with Crippen molar-refractivity contribution in [1.29, 1.82) is 0 Å². The standard InChI is InChI=1S/C13H22F3N3O/c14-13(15,16)9-3-2-6-19(8-9)10-4-1-5-12(18,7-10)11(17)20/h9-10H,1-8,18H2,(H2,17,20). The van der Waals surface area contributed by atoms with Crippen LogP contribution < -0.4 is 11.5 Å². The zero-order valence-corrected chi connectivity index (χ0v) is 11.5. The van der Waals surface area contributed by atoms with E-state index in [1.165, 1.54) is 0 Å². The Labute approximate surface area is 116 Å². The first-order chi connectivity index (χ1) is 9.22. The van der Waals surface area contributed by atoms with E-state index < -0.39 is 23.5 Å². The minimum Gasteiger partial charge on any atom is -0.368 e. The number of carbonyl (C=O) groups excluding carboxylic acids is 1. The van der Waals surface area contributed by atoms with Gasteiger partial charge in [-0.1, -0.05) is 0 Å². The highest BCUT2D eigenvalue weighted by Gasteiger charge is 2.45. The molecule has 3 atom stereocenters. The lowest BCUT2D eigenvalue weighted by Gasteiger charge is -2.44. The summed E-state index contributed by atoms with van der Waals surface area (Å²) in [6.07, 6.45) is -1.00. The molecular weight excluding hydrogens is 271 g/mol. The van der Waals surface area contributed by atoms with Gasteiger partial charge in [0.1, 0.15) is 0 Å². The van der Waals surface area contributed by atoms with Crippen LogP contribution in [0, 0.1) is 5.92 Å². The van der Waals surface area contributed by atoms with Crippen LogP contribution in [0.3, 0.4) is 0 Å². The molecule has 2 rings (SSSR count). The van der Waals surface area contributed by atoms with Crippen LogP contribution in [-0.2, 0) is 4.79 Å². The molecule has 116 valence electrons. The predicted molar refractivity (Wildman–Crippen MR) is 68.7 cm³/mol. The number of alkyl halides is 3. The van der Waals surface area contributed by atoms with Crippen molar-refractivity contribution >= 4 is 5.91 Å². The number of piperidine rings is 1. The van der Waals surface area contributed by atoms with Crippen molar-refractivity contribution < 1.29 is 18.0 Å². The monoisotopic (exact) mass is 293 g/mol. The lowest BCUT2D eigenvalue weighted by Crippen LogP contribution is -2.59. The number of primary amides is 1. The van der Waals surface area contributed by atoms with Crippen LogP contribution in [0.2, 0.25) is 0 Å². The Kier molecular flexibility index (Phi) is 4.30. The number of halogens is 3. The summed E-state index contributed by atoms with van der Waals surface area (Å²) in [6, 6.07) is -0.0635. The van der Waals surface area contributed by atoms with E-state index in [4.69, 9.17) is 11.5 Å². The summed E-state index contributed by atoms with van der Waals surface area (Å²) in [7, 11) is 0. The van der Waals surface area contributed by atoms with Gasteiger partial charge >= 0.3 is 6.18 Å². The van der Waals surface area contributed by atoms with Crippen LogP contribution in [0.15, 0.2) is 0 Å². The second-order valence-corrected chi connectivity index (χ2v) is 6.15. The third-order valence-electron chi connectivity index (χ3n) is 4.68. The van der Waals surface area contributed by atoms with Crippen molar-refractivity contribution in [2.45, 2.75) is 56.3 Å². The summed E-state index contributed by atoms with van der Waals surface area (Å²) in [6.45, 7) is 0.662. The third-order valence-corrected chi connectivity index (χ3v) is 4.68. The average Bonchev–Trinajstić information content (AvgIpc) is 2.38. The zero-order valence-electron chi connectivity index (χ0n) is 11.5. The number of amides is 1. The number of hydrogen-bond acceptors (Lipinski definition) is 3. The van der Waals surface area contributed by atoms with E-state index in [9.17, 15) is 18.0 Å². The van der Waals surface area contributed by atoms with Crippen LogP contribution in [0.4, 0.5) is 13.2 Å². The summed E-state index contributed by atoms with van der Waals surface area (Å²) < 4.78 is 38.5. The fourth-order valence-corrected chi connectivity index (χ4v) is 3.42. The molecule has 0 aromatic carbocycles. The van der Waals surface area contributed by atoms with E-state index in [-0.39, 0.29) is 19.0 Å². The van der Waals surface area contributed by atoms with Gasteiger partial charge in [-0.25, -0.2) is 0 Å². The second-order valence-electron chi connectivity index (χ2n) is 6.15. The summed E-state index contributed by atoms with van der Waals surface area (Å²) in [5, 5.41) is 0. The summed E-state index contributed by atoms with van der Waals surface area (Å²) in [5.41, 5.74) is 10.3. The predicted octanol–water partition coefficient (Wildman–Crippen LogP) is 1.39. The fourth-order valence-electron chi connectivity index (χ4n) is 3.42. The SMILES string of the molecule is NC(=O)C1(N)CCCC(N2CCCC(C(F)(F)F)C2)C1. The van der Waals surface area contributed by atoms with Gasteiger partial charge in [0.15, 0.2) is 0 Å². The molecule has 1 saturated heterocycles. The van der Waals surface area contributed by atoms with Crippen LogP contribution in [0.5, 0.6) is 0 Å². The molecule has 4 N–H and O–H groups in total. The Hall–Kier alpha value is -0.820. The van der Waals surface area contributed by atoms with Gasteiger partial charge in [-0.2, -0.15) is 13.2 Å². The Morgan fingerprint density at radius 1 is 1.25 bits per heavy atom. The molecule has 1 amide bonds. The number of carbonyl (C=O) groups is 1. The molecule has 0 aromatic heterocycles. The quantitative estimate of drug-likeness (QED) is 0.808. The Morgan fingerprint density at radius 3 is 2.55 bits per heavy atom. The molecule has 1 saturated carbocycles. The van der Waals surface area contributed by atoms with Gasteiger partial charge in [0.05, 0.1) is 11.5 Å². The van der Waals surface area contributed by atoms with Gasteiger partial charge < -0.3 is 11.5 Å². The third kappa shape index (κ3) is 3.25. The lowest BCUT2D eigenvalue weighted by atomic mass is 9.78. The molecule has 1 aliphatic heterocycles. The van der Waals surface area contributed by atoms with Gasteiger partial charge in [0.25, 0.3) is 0 Å². The number of nitrogens with zero attached hydrogens (tertiary/aromatic N) is 1. The van der Waals surface area contributed by atoms with Crippen LogP contribution in [-0.4, -0.2) is 41.7 Å². The molecule has 0 spiro atoms. The molecule has 7 heteroatoms. The van der Waals surface area contributed by atoms with E-state index in [2.05, 4.69) is 0 Å². The van der Waals surface area contributed by atoms with Crippen molar-refractivity contribution in [2.24, 2.45) is 17.4 Å². The summed E-state index contributed by atoms with van der Waals surface area (Å²) in [4.78, 5) is 13.3. The largest absolute Gasteiger partial charge is 0.393 e. The van der Waals surface area contributed by atoms with E-state index in [0.717, 1.165) is 12.8 Å². The van der Waals surface area contributed by atoms with E-state index in [0.29, 0.717) is 25.8 Å². The second kappa shape index (κ2) is 5.52. The molecule has 0 radical (unpaired) electrons. The van der Waals surface area contributed by atoms with Gasteiger partial charge in [0, 0.05) is 12.6 Å². The molecule has 0 aromatic rings. The minimum absolute atomic E-state index is 0.0169. The summed E-state index contributed by atoms with van der Waals surface area (Å²) in [5.74, 6) is -1.81. The molecule has 20 heavy (non-hydrogen) atoms. The van der Waals surface area contributed by atoms with Crippen molar-refractivity contribution in [2.75, 3.05) is 13.1 Å². The van der Waals surface area contributed by atoms with Crippen LogP contribution in [0.1, 0.15) is 38.5 Å². The van der Waals surface area contributed by atoms with Crippen LogP contribution in [0.25, 0.3) is 0 Å². The van der Waals surface area contributed by atoms with Gasteiger partial charge in [-0.15, -0.1) is 0 Å². The Bertz CT molecular complexity index is 374. The number of likely N-dealkylation sites (tertiary alicyclic amines) is 1. The fraction of sp³-hybridized carbons (Fsp3) is 0.923. The van der Waals surface area contributed by atoms with Crippen molar-refractivity contribution in [3.8, 4) is 0 Å². The Balaban J connectivity index is 2.02. The smallest absolute Gasteiger partial charge is 0.368 e. The molecule has 1 aliphatic carbocycles.